The van der Waals surface area contributed by atoms with E-state index in [0.29, 0.717) is 5.69 Å². The third-order valence-corrected chi connectivity index (χ3v) is 18.6. The van der Waals surface area contributed by atoms with Crippen molar-refractivity contribution < 1.29 is 0 Å². The van der Waals surface area contributed by atoms with Gasteiger partial charge in [-0.1, -0.05) is 249 Å². The molecule has 0 bridgehead atoms. The number of hydrogen-bond donors (Lipinski definition) is 0. The maximum Gasteiger partial charge on any atom is 0.238 e. The zero-order chi connectivity index (χ0) is 59.4. The van der Waals surface area contributed by atoms with Gasteiger partial charge < -0.3 is 18.3 Å². The van der Waals surface area contributed by atoms with Gasteiger partial charge in [-0.15, -0.1) is 0 Å². The van der Waals surface area contributed by atoms with E-state index >= 15 is 0 Å². The fourth-order valence-electron chi connectivity index (χ4n) is 14.6. The molecule has 4 aromatic heterocycles. The first kappa shape index (κ1) is 51.0. The summed E-state index contributed by atoms with van der Waals surface area (Å²) in [5, 5.41) is 8.83. The predicted molar refractivity (Wildman–Crippen MR) is 377 cm³/mol. The van der Waals surface area contributed by atoms with Crippen molar-refractivity contribution in [2.45, 2.75) is 0 Å². The second-order valence-electron chi connectivity index (χ2n) is 23.4. The summed E-state index contributed by atoms with van der Waals surface area (Å²) in [6.07, 6.45) is 0. The number of rotatable bonds is 9. The smallest absolute Gasteiger partial charge is 0.238 e. The topological polar surface area (TPSA) is 24.1 Å². The molecule has 0 saturated heterocycles. The minimum atomic E-state index is 0.506. The monoisotopic (exact) mass is 1140 g/mol. The highest BCUT2D eigenvalue weighted by atomic mass is 15.1. The zero-order valence-electron chi connectivity index (χ0n) is 48.8. The minimum Gasteiger partial charge on any atom is -0.317 e. The molecule has 0 spiro atoms. The Morgan fingerprint density at radius 2 is 0.411 bits per heavy atom. The maximum absolute atomic E-state index is 10.3. The molecule has 18 rings (SSSR count). The lowest BCUT2D eigenvalue weighted by molar-refractivity contribution is 1.05. The van der Waals surface area contributed by atoms with Crippen LogP contribution in [-0.2, 0) is 0 Å². The fraction of sp³-hybridized carbons (Fsp3) is 0. The van der Waals surface area contributed by atoms with E-state index in [0.717, 1.165) is 166 Å². The van der Waals surface area contributed by atoms with Crippen LogP contribution in [0.25, 0.3) is 170 Å². The van der Waals surface area contributed by atoms with Crippen molar-refractivity contribution in [1.29, 1.82) is 0 Å². The molecule has 0 N–H and O–H groups in total. The number of hydrogen-bond acceptors (Lipinski definition) is 0. The van der Waals surface area contributed by atoms with Crippen molar-refractivity contribution in [3.63, 3.8) is 0 Å². The standard InChI is InChI=1S/C85H53N5/c1-86-81-84(89-72-39-21-17-35-64(72)65-36-18-22-40-73(65)89)82(87-76-47-43-60(55-25-7-2-8-26-55)51-68(76)69-52-61(44-48-77(69)87)56-27-9-3-10-28-56)80(59-33-15-6-16-34-59)83(85(81)90-74-41-23-19-37-66(74)67-38-20-24-42-75(67)90)88-78-49-45-62(57-29-11-4-12-30-57)53-70(78)71-54-63(46-50-79(71)88)58-31-13-5-14-32-58/h2-54H. The molecule has 0 radical (unpaired) electrons. The molecule has 0 aliphatic carbocycles. The van der Waals surface area contributed by atoms with Crippen molar-refractivity contribution in [2.75, 3.05) is 0 Å². The lowest BCUT2D eigenvalue weighted by atomic mass is 9.95. The van der Waals surface area contributed by atoms with Crippen LogP contribution in [0.5, 0.6) is 0 Å². The molecule has 0 amide bonds. The van der Waals surface area contributed by atoms with Gasteiger partial charge in [-0.05, 0) is 123 Å². The van der Waals surface area contributed by atoms with Gasteiger partial charge in [0.2, 0.25) is 5.69 Å². The van der Waals surface area contributed by atoms with Crippen molar-refractivity contribution in [3.8, 4) is 78.4 Å². The number of aromatic nitrogens is 4. The molecule has 14 aromatic carbocycles. The second kappa shape index (κ2) is 20.5. The Labute approximate surface area is 519 Å². The molecule has 90 heavy (non-hydrogen) atoms. The van der Waals surface area contributed by atoms with Crippen LogP contribution in [0, 0.1) is 6.57 Å². The quantitative estimate of drug-likeness (QED) is 0.129. The Hall–Kier alpha value is -12.2. The Kier molecular flexibility index (Phi) is 11.6. The Bertz CT molecular complexity index is 5300. The molecular weight excluding hydrogens is 1090 g/mol. The van der Waals surface area contributed by atoms with Crippen LogP contribution in [0.2, 0.25) is 0 Å². The van der Waals surface area contributed by atoms with Crippen molar-refractivity contribution in [3.05, 3.63) is 333 Å². The Morgan fingerprint density at radius 1 is 0.189 bits per heavy atom. The summed E-state index contributed by atoms with van der Waals surface area (Å²) < 4.78 is 9.86. The summed E-state index contributed by atoms with van der Waals surface area (Å²) in [5.41, 5.74) is 22.9. The summed E-state index contributed by atoms with van der Waals surface area (Å²) in [7, 11) is 0. The molecule has 0 fully saturated rings. The van der Waals surface area contributed by atoms with Gasteiger partial charge in [0, 0.05) is 48.7 Å². The lowest BCUT2D eigenvalue weighted by Crippen LogP contribution is -2.14. The average molecular weight is 1140 g/mol. The third-order valence-electron chi connectivity index (χ3n) is 18.6. The third kappa shape index (κ3) is 7.75. The Balaban J connectivity index is 1.12. The van der Waals surface area contributed by atoms with Gasteiger partial charge in [0.25, 0.3) is 0 Å². The van der Waals surface area contributed by atoms with E-state index in [-0.39, 0.29) is 0 Å². The molecule has 0 aliphatic heterocycles. The molecule has 4 heterocycles. The molecule has 0 unspecified atom stereocenters. The first-order valence-corrected chi connectivity index (χ1v) is 30.7. The first-order valence-electron chi connectivity index (χ1n) is 30.7. The summed E-state index contributed by atoms with van der Waals surface area (Å²) in [5.74, 6) is 0. The minimum absolute atomic E-state index is 0.506. The molecular formula is C85H53N5. The SMILES string of the molecule is [C-]#[N+]c1c(-n2c3ccccc3c3ccccc32)c(-n2c3ccc(-c4ccccc4)cc3c3cc(-c4ccccc4)ccc32)c(-c2ccccc2)c(-n2c3ccc(-c4ccccc4)cc3c3cc(-c4ccccc4)ccc32)c1-n1c2ccccc2c2ccccc21. The van der Waals surface area contributed by atoms with Gasteiger partial charge in [0.1, 0.15) is 0 Å². The van der Waals surface area contributed by atoms with Crippen molar-refractivity contribution >= 4 is 92.9 Å². The number of benzene rings is 14. The fourth-order valence-corrected chi connectivity index (χ4v) is 14.6. The number of nitrogens with zero attached hydrogens (tertiary/aromatic N) is 5. The van der Waals surface area contributed by atoms with E-state index in [2.05, 4.69) is 340 Å². The van der Waals surface area contributed by atoms with Crippen LogP contribution in [0.1, 0.15) is 0 Å². The molecule has 18 aromatic rings. The van der Waals surface area contributed by atoms with Crippen LogP contribution in [0.3, 0.4) is 0 Å². The van der Waals surface area contributed by atoms with Gasteiger partial charge >= 0.3 is 0 Å². The van der Waals surface area contributed by atoms with Gasteiger partial charge in [-0.3, -0.25) is 0 Å². The van der Waals surface area contributed by atoms with E-state index in [1.54, 1.807) is 0 Å². The maximum atomic E-state index is 10.3. The number of para-hydroxylation sites is 4. The van der Waals surface area contributed by atoms with Gasteiger partial charge in [0.05, 0.1) is 73.5 Å². The van der Waals surface area contributed by atoms with E-state index in [1.165, 1.54) is 0 Å². The van der Waals surface area contributed by atoms with E-state index in [1.807, 2.05) is 0 Å². The predicted octanol–water partition coefficient (Wildman–Crippen LogP) is 23.0. The largest absolute Gasteiger partial charge is 0.317 e. The molecule has 0 atom stereocenters. The molecule has 5 heteroatoms. The van der Waals surface area contributed by atoms with Gasteiger partial charge in [-0.25, -0.2) is 4.85 Å². The van der Waals surface area contributed by atoms with E-state index < -0.39 is 0 Å². The molecule has 5 nitrogen and oxygen atoms in total. The van der Waals surface area contributed by atoms with Gasteiger partial charge in [0.15, 0.2) is 0 Å². The highest BCUT2D eigenvalue weighted by Gasteiger charge is 2.35. The molecule has 0 aliphatic rings. The lowest BCUT2D eigenvalue weighted by Gasteiger charge is -2.29. The van der Waals surface area contributed by atoms with E-state index in [9.17, 15) is 6.57 Å². The van der Waals surface area contributed by atoms with Gasteiger partial charge in [-0.2, -0.15) is 0 Å². The normalized spacial score (nSPS) is 11.8. The van der Waals surface area contributed by atoms with Crippen LogP contribution in [0.4, 0.5) is 5.69 Å². The van der Waals surface area contributed by atoms with Crippen LogP contribution < -0.4 is 0 Å². The summed E-state index contributed by atoms with van der Waals surface area (Å²) in [6, 6.07) is 117. The van der Waals surface area contributed by atoms with Crippen LogP contribution in [0.15, 0.2) is 322 Å². The summed E-state index contributed by atoms with van der Waals surface area (Å²) in [4.78, 5) is 5.10. The first-order chi connectivity index (χ1) is 44.7. The van der Waals surface area contributed by atoms with Crippen LogP contribution in [-0.4, -0.2) is 18.3 Å². The molecule has 0 saturated carbocycles. The average Bonchev–Trinajstić information content (AvgIpc) is 1.47. The van der Waals surface area contributed by atoms with E-state index in [4.69, 9.17) is 4.85 Å². The second-order valence-corrected chi connectivity index (χ2v) is 23.4. The summed E-state index contributed by atoms with van der Waals surface area (Å²) in [6.45, 7) is 10.3. The number of fused-ring (bicyclic) bond motifs is 12. The van der Waals surface area contributed by atoms with Crippen molar-refractivity contribution in [2.24, 2.45) is 0 Å². The van der Waals surface area contributed by atoms with Crippen molar-refractivity contribution in [1.82, 2.24) is 18.3 Å². The highest BCUT2D eigenvalue weighted by Crippen LogP contribution is 2.55. The summed E-state index contributed by atoms with van der Waals surface area (Å²) >= 11 is 0. The van der Waals surface area contributed by atoms with Crippen LogP contribution >= 0.6 is 0 Å². The Morgan fingerprint density at radius 3 is 0.678 bits per heavy atom. The zero-order valence-corrected chi connectivity index (χ0v) is 48.8. The highest BCUT2D eigenvalue weighted by molar-refractivity contribution is 6.19. The molecule has 418 valence electrons.